The van der Waals surface area contributed by atoms with Gasteiger partial charge >= 0.3 is 5.97 Å². The number of H-pyrrole nitrogens is 1. The van der Waals surface area contributed by atoms with Gasteiger partial charge in [-0.2, -0.15) is 0 Å². The van der Waals surface area contributed by atoms with Gasteiger partial charge in [0.15, 0.2) is 0 Å². The molecule has 2 aromatic carbocycles. The van der Waals surface area contributed by atoms with Crippen LogP contribution in [0, 0.1) is 20.8 Å². The number of benzene rings is 2. The fourth-order valence-electron chi connectivity index (χ4n) is 3.19. The minimum atomic E-state index is -0.266. The fraction of sp³-hybridized carbons (Fsp3) is 0.250. The number of anilines is 1. The van der Waals surface area contributed by atoms with Crippen LogP contribution in [0.5, 0.6) is 0 Å². The minimum Gasteiger partial charge on any atom is -0.469 e. The second-order valence-electron chi connectivity index (χ2n) is 6.25. The molecule has 24 heavy (non-hydrogen) atoms. The molecule has 0 aliphatic rings. The number of rotatable bonds is 3. The molecule has 0 saturated heterocycles. The van der Waals surface area contributed by atoms with E-state index in [0.717, 1.165) is 38.9 Å². The Morgan fingerprint density at radius 2 is 1.83 bits per heavy atom. The molecular weight excluding hydrogens is 300 g/mol. The summed E-state index contributed by atoms with van der Waals surface area (Å²) in [6.07, 6.45) is 0.204. The van der Waals surface area contributed by atoms with Crippen LogP contribution in [0.15, 0.2) is 30.3 Å². The zero-order valence-corrected chi connectivity index (χ0v) is 14.5. The van der Waals surface area contributed by atoms with Gasteiger partial charge in [0, 0.05) is 11.1 Å². The molecule has 124 valence electrons. The number of hydrogen-bond acceptors (Lipinski definition) is 3. The number of ether oxygens (including phenoxy) is 1. The molecule has 0 bridgehead atoms. The first-order chi connectivity index (χ1) is 11.4. The van der Waals surface area contributed by atoms with E-state index >= 15 is 0 Å². The van der Waals surface area contributed by atoms with Gasteiger partial charge in [0.2, 0.25) is 0 Å². The van der Waals surface area contributed by atoms with E-state index in [2.05, 4.69) is 42.2 Å². The molecule has 1 aromatic heterocycles. The molecule has 0 fully saturated rings. The number of nitrogen functional groups attached to an aromatic ring is 1. The van der Waals surface area contributed by atoms with E-state index in [-0.39, 0.29) is 12.4 Å². The van der Waals surface area contributed by atoms with Crippen LogP contribution in [0.25, 0.3) is 22.0 Å². The van der Waals surface area contributed by atoms with Crippen molar-refractivity contribution in [2.24, 2.45) is 0 Å². The summed E-state index contributed by atoms with van der Waals surface area (Å²) in [4.78, 5) is 15.3. The van der Waals surface area contributed by atoms with Gasteiger partial charge in [0.25, 0.3) is 0 Å². The SMILES string of the molecule is COC(=O)Cc1c(C)c(N)c2[nH]c(C)cc2c1-c1ccc(C)cc1. The number of nitrogens with two attached hydrogens (primary N) is 1. The lowest BCUT2D eigenvalue weighted by molar-refractivity contribution is -0.139. The molecule has 0 amide bonds. The average molecular weight is 322 g/mol. The van der Waals surface area contributed by atoms with Crippen LogP contribution in [0.3, 0.4) is 0 Å². The molecule has 0 aliphatic carbocycles. The molecule has 3 aromatic rings. The normalized spacial score (nSPS) is 11.0. The van der Waals surface area contributed by atoms with Crippen molar-refractivity contribution < 1.29 is 9.53 Å². The molecule has 3 rings (SSSR count). The third kappa shape index (κ3) is 2.64. The summed E-state index contributed by atoms with van der Waals surface area (Å²) in [7, 11) is 1.41. The van der Waals surface area contributed by atoms with E-state index < -0.39 is 0 Å². The monoisotopic (exact) mass is 322 g/mol. The number of hydrogen-bond donors (Lipinski definition) is 2. The van der Waals surface area contributed by atoms with Crippen LogP contribution >= 0.6 is 0 Å². The Labute approximate surface area is 141 Å². The maximum absolute atomic E-state index is 12.0. The van der Waals surface area contributed by atoms with Gasteiger partial charge in [-0.15, -0.1) is 0 Å². The summed E-state index contributed by atoms with van der Waals surface area (Å²) < 4.78 is 4.89. The van der Waals surface area contributed by atoms with E-state index in [1.54, 1.807) is 0 Å². The molecule has 0 aliphatic heterocycles. The highest BCUT2D eigenvalue weighted by molar-refractivity contribution is 6.05. The topological polar surface area (TPSA) is 68.1 Å². The summed E-state index contributed by atoms with van der Waals surface area (Å²) in [5.41, 5.74) is 14.2. The van der Waals surface area contributed by atoms with Gasteiger partial charge < -0.3 is 15.5 Å². The number of carbonyl (C=O) groups is 1. The van der Waals surface area contributed by atoms with E-state index in [1.165, 1.54) is 12.7 Å². The van der Waals surface area contributed by atoms with Crippen LogP contribution in [-0.2, 0) is 16.0 Å². The first kappa shape index (κ1) is 16.1. The number of carbonyl (C=O) groups excluding carboxylic acids is 1. The smallest absolute Gasteiger partial charge is 0.310 e. The van der Waals surface area contributed by atoms with Crippen molar-refractivity contribution in [2.45, 2.75) is 27.2 Å². The average Bonchev–Trinajstić information content (AvgIpc) is 2.95. The number of esters is 1. The quantitative estimate of drug-likeness (QED) is 0.564. The highest BCUT2D eigenvalue weighted by atomic mass is 16.5. The molecule has 0 unspecified atom stereocenters. The third-order valence-electron chi connectivity index (χ3n) is 4.54. The zero-order chi connectivity index (χ0) is 17.4. The lowest BCUT2D eigenvalue weighted by Gasteiger charge is -2.17. The van der Waals surface area contributed by atoms with Crippen molar-refractivity contribution in [3.8, 4) is 11.1 Å². The predicted octanol–water partition coefficient (Wildman–Crippen LogP) is 4.06. The summed E-state index contributed by atoms with van der Waals surface area (Å²) >= 11 is 0. The summed E-state index contributed by atoms with van der Waals surface area (Å²) in [5, 5.41) is 1.04. The second kappa shape index (κ2) is 6.04. The Bertz CT molecular complexity index is 921. The number of methoxy groups -OCH3 is 1. The van der Waals surface area contributed by atoms with E-state index in [4.69, 9.17) is 10.5 Å². The molecule has 4 heteroatoms. The lowest BCUT2D eigenvalue weighted by atomic mass is 9.89. The van der Waals surface area contributed by atoms with Crippen LogP contribution in [0.2, 0.25) is 0 Å². The van der Waals surface area contributed by atoms with Crippen LogP contribution < -0.4 is 5.73 Å². The summed E-state index contributed by atoms with van der Waals surface area (Å²) in [6, 6.07) is 10.4. The number of aromatic amines is 1. The van der Waals surface area contributed by atoms with Gasteiger partial charge in [0.1, 0.15) is 0 Å². The molecule has 0 saturated carbocycles. The molecule has 0 radical (unpaired) electrons. The maximum Gasteiger partial charge on any atom is 0.310 e. The lowest BCUT2D eigenvalue weighted by Crippen LogP contribution is -2.09. The number of fused-ring (bicyclic) bond motifs is 1. The molecule has 0 atom stereocenters. The Kier molecular flexibility index (Phi) is 4.06. The Morgan fingerprint density at radius 3 is 2.46 bits per heavy atom. The van der Waals surface area contributed by atoms with E-state index in [1.807, 2.05) is 13.8 Å². The van der Waals surface area contributed by atoms with E-state index in [9.17, 15) is 4.79 Å². The predicted molar refractivity (Wildman–Crippen MR) is 98.1 cm³/mol. The Morgan fingerprint density at radius 1 is 1.17 bits per heavy atom. The number of aromatic nitrogens is 1. The first-order valence-electron chi connectivity index (χ1n) is 7.96. The molecule has 4 nitrogen and oxygen atoms in total. The van der Waals surface area contributed by atoms with Crippen molar-refractivity contribution in [1.82, 2.24) is 4.98 Å². The molecular formula is C20H22N2O2. The fourth-order valence-corrected chi connectivity index (χ4v) is 3.19. The van der Waals surface area contributed by atoms with Crippen LogP contribution in [-0.4, -0.2) is 18.1 Å². The molecule has 3 N–H and O–H groups in total. The van der Waals surface area contributed by atoms with E-state index in [0.29, 0.717) is 5.69 Å². The van der Waals surface area contributed by atoms with Gasteiger partial charge in [-0.1, -0.05) is 29.8 Å². The highest BCUT2D eigenvalue weighted by Crippen LogP contribution is 2.39. The van der Waals surface area contributed by atoms with Crippen molar-refractivity contribution in [3.05, 3.63) is 52.7 Å². The number of nitrogens with one attached hydrogen (secondary N) is 1. The first-order valence-corrected chi connectivity index (χ1v) is 7.96. The standard InChI is InChI=1S/C20H22N2O2/c1-11-5-7-14(8-6-11)18-15(10-17(23)24-4)13(3)19(21)20-16(18)9-12(2)22-20/h5-9,22H,10,21H2,1-4H3. The molecule has 0 spiro atoms. The van der Waals surface area contributed by atoms with Crippen molar-refractivity contribution in [1.29, 1.82) is 0 Å². The van der Waals surface area contributed by atoms with Crippen molar-refractivity contribution >= 4 is 22.6 Å². The van der Waals surface area contributed by atoms with Crippen molar-refractivity contribution in [2.75, 3.05) is 12.8 Å². The highest BCUT2D eigenvalue weighted by Gasteiger charge is 2.20. The molecule has 1 heterocycles. The summed E-state index contributed by atoms with van der Waals surface area (Å²) in [6.45, 7) is 6.03. The number of aryl methyl sites for hydroxylation is 2. The van der Waals surface area contributed by atoms with Gasteiger partial charge in [-0.05, 0) is 49.1 Å². The zero-order valence-electron chi connectivity index (χ0n) is 14.5. The van der Waals surface area contributed by atoms with Gasteiger partial charge in [0.05, 0.1) is 24.7 Å². The summed E-state index contributed by atoms with van der Waals surface area (Å²) in [5.74, 6) is -0.266. The van der Waals surface area contributed by atoms with Crippen LogP contribution in [0.4, 0.5) is 5.69 Å². The maximum atomic E-state index is 12.0. The second-order valence-corrected chi connectivity index (χ2v) is 6.25. The van der Waals surface area contributed by atoms with Crippen LogP contribution in [0.1, 0.15) is 22.4 Å². The van der Waals surface area contributed by atoms with Gasteiger partial charge in [-0.25, -0.2) is 0 Å². The Balaban J connectivity index is 2.37. The minimum absolute atomic E-state index is 0.204. The Hall–Kier alpha value is -2.75. The van der Waals surface area contributed by atoms with Gasteiger partial charge in [-0.3, -0.25) is 4.79 Å². The van der Waals surface area contributed by atoms with Crippen molar-refractivity contribution in [3.63, 3.8) is 0 Å². The third-order valence-corrected chi connectivity index (χ3v) is 4.54. The largest absolute Gasteiger partial charge is 0.469 e.